The number of nitrogens with zero attached hydrogens (tertiary/aromatic N) is 2. The third-order valence-corrected chi connectivity index (χ3v) is 5.07. The number of hydrogen-bond acceptors (Lipinski definition) is 2. The molecule has 1 saturated carbocycles. The van der Waals surface area contributed by atoms with Crippen LogP contribution in [0.2, 0.25) is 0 Å². The predicted octanol–water partition coefficient (Wildman–Crippen LogP) is 3.57. The number of benzene rings is 1. The molecule has 1 N–H and O–H groups in total. The van der Waals surface area contributed by atoms with Crippen molar-refractivity contribution in [2.75, 3.05) is 6.54 Å². The SMILES string of the molecule is c1cc2c(c(-n3cncc3C3CCCCC3)c1)CNCC2. The molecule has 2 aliphatic rings. The van der Waals surface area contributed by atoms with Crippen molar-refractivity contribution in [3.05, 3.63) is 47.5 Å². The Labute approximate surface area is 126 Å². The maximum Gasteiger partial charge on any atom is 0.0994 e. The van der Waals surface area contributed by atoms with E-state index in [1.807, 2.05) is 6.33 Å². The summed E-state index contributed by atoms with van der Waals surface area (Å²) >= 11 is 0. The van der Waals surface area contributed by atoms with Crippen LogP contribution in [0.1, 0.15) is 54.8 Å². The third kappa shape index (κ3) is 2.40. The molecular weight excluding hydrogens is 258 g/mol. The molecule has 0 unspecified atom stereocenters. The lowest BCUT2D eigenvalue weighted by Crippen LogP contribution is -2.25. The highest BCUT2D eigenvalue weighted by atomic mass is 15.1. The normalized spacial score (nSPS) is 19.4. The van der Waals surface area contributed by atoms with E-state index in [2.05, 4.69) is 39.3 Å². The summed E-state index contributed by atoms with van der Waals surface area (Å²) in [5.41, 5.74) is 5.69. The lowest BCUT2D eigenvalue weighted by molar-refractivity contribution is 0.433. The first-order chi connectivity index (χ1) is 10.4. The van der Waals surface area contributed by atoms with Crippen molar-refractivity contribution < 1.29 is 0 Å². The largest absolute Gasteiger partial charge is 0.312 e. The van der Waals surface area contributed by atoms with E-state index >= 15 is 0 Å². The molecule has 21 heavy (non-hydrogen) atoms. The van der Waals surface area contributed by atoms with Crippen molar-refractivity contribution in [3.8, 4) is 5.69 Å². The molecule has 3 heteroatoms. The van der Waals surface area contributed by atoms with Crippen LogP contribution in [0.3, 0.4) is 0 Å². The monoisotopic (exact) mass is 281 g/mol. The smallest absolute Gasteiger partial charge is 0.0994 e. The van der Waals surface area contributed by atoms with Gasteiger partial charge in [0.05, 0.1) is 12.0 Å². The maximum absolute atomic E-state index is 4.47. The Hall–Kier alpha value is -1.61. The van der Waals surface area contributed by atoms with Gasteiger partial charge in [0, 0.05) is 24.4 Å². The number of hydrogen-bond donors (Lipinski definition) is 1. The van der Waals surface area contributed by atoms with E-state index in [-0.39, 0.29) is 0 Å². The molecule has 1 aromatic heterocycles. The minimum Gasteiger partial charge on any atom is -0.312 e. The molecule has 3 nitrogen and oxygen atoms in total. The highest BCUT2D eigenvalue weighted by molar-refractivity contribution is 5.48. The zero-order valence-electron chi connectivity index (χ0n) is 12.5. The molecule has 2 heterocycles. The van der Waals surface area contributed by atoms with Crippen molar-refractivity contribution >= 4 is 0 Å². The van der Waals surface area contributed by atoms with Crippen molar-refractivity contribution in [1.29, 1.82) is 0 Å². The standard InChI is InChI=1S/C18H23N3/c1-2-5-15(6-3-1)18-12-20-13-21(18)17-8-4-7-14-9-10-19-11-16(14)17/h4,7-8,12-13,15,19H,1-3,5-6,9-11H2. The number of rotatable bonds is 2. The van der Waals surface area contributed by atoms with Crippen LogP contribution in [-0.2, 0) is 13.0 Å². The van der Waals surface area contributed by atoms with Gasteiger partial charge in [-0.1, -0.05) is 31.4 Å². The molecule has 0 atom stereocenters. The molecule has 1 fully saturated rings. The summed E-state index contributed by atoms with van der Waals surface area (Å²) in [6.45, 7) is 2.07. The van der Waals surface area contributed by atoms with Gasteiger partial charge in [0.15, 0.2) is 0 Å². The highest BCUT2D eigenvalue weighted by Gasteiger charge is 2.21. The minimum absolute atomic E-state index is 0.689. The highest BCUT2D eigenvalue weighted by Crippen LogP contribution is 2.34. The van der Waals surface area contributed by atoms with E-state index in [1.54, 1.807) is 0 Å². The van der Waals surface area contributed by atoms with E-state index < -0.39 is 0 Å². The first kappa shape index (κ1) is 13.1. The Morgan fingerprint density at radius 1 is 1.14 bits per heavy atom. The Bertz CT molecular complexity index is 623. The summed E-state index contributed by atoms with van der Waals surface area (Å²) in [5, 5.41) is 3.51. The average Bonchev–Trinajstić information content (AvgIpc) is 3.04. The van der Waals surface area contributed by atoms with E-state index in [0.717, 1.165) is 19.5 Å². The minimum atomic E-state index is 0.689. The van der Waals surface area contributed by atoms with Gasteiger partial charge in [0.25, 0.3) is 0 Å². The Morgan fingerprint density at radius 3 is 2.95 bits per heavy atom. The molecule has 0 spiro atoms. The van der Waals surface area contributed by atoms with Crippen LogP contribution in [0.25, 0.3) is 5.69 Å². The number of aromatic nitrogens is 2. The van der Waals surface area contributed by atoms with Gasteiger partial charge < -0.3 is 9.88 Å². The van der Waals surface area contributed by atoms with Gasteiger partial charge in [0.2, 0.25) is 0 Å². The second-order valence-electron chi connectivity index (χ2n) is 6.37. The quantitative estimate of drug-likeness (QED) is 0.912. The summed E-state index contributed by atoms with van der Waals surface area (Å²) in [7, 11) is 0. The van der Waals surface area contributed by atoms with E-state index in [1.165, 1.54) is 54.6 Å². The second kappa shape index (κ2) is 5.64. The molecule has 2 aromatic rings. The first-order valence-electron chi connectivity index (χ1n) is 8.27. The molecule has 1 aromatic carbocycles. The van der Waals surface area contributed by atoms with Gasteiger partial charge >= 0.3 is 0 Å². The van der Waals surface area contributed by atoms with Crippen LogP contribution in [0.15, 0.2) is 30.7 Å². The number of fused-ring (bicyclic) bond motifs is 1. The third-order valence-electron chi connectivity index (χ3n) is 5.07. The molecule has 1 aliphatic carbocycles. The summed E-state index contributed by atoms with van der Waals surface area (Å²) in [5.74, 6) is 0.689. The molecule has 110 valence electrons. The summed E-state index contributed by atoms with van der Waals surface area (Å²) in [6, 6.07) is 6.72. The number of nitrogens with one attached hydrogen (secondary N) is 1. The molecule has 0 amide bonds. The van der Waals surface area contributed by atoms with Gasteiger partial charge in [-0.05, 0) is 43.0 Å². The van der Waals surface area contributed by atoms with Crippen LogP contribution in [0.5, 0.6) is 0 Å². The predicted molar refractivity (Wildman–Crippen MR) is 84.8 cm³/mol. The van der Waals surface area contributed by atoms with Crippen molar-refractivity contribution in [2.45, 2.75) is 51.0 Å². The van der Waals surface area contributed by atoms with E-state index in [9.17, 15) is 0 Å². The van der Waals surface area contributed by atoms with Gasteiger partial charge in [-0.2, -0.15) is 0 Å². The molecule has 0 saturated heterocycles. The first-order valence-corrected chi connectivity index (χ1v) is 8.27. The van der Waals surface area contributed by atoms with Crippen LogP contribution in [0, 0.1) is 0 Å². The van der Waals surface area contributed by atoms with Gasteiger partial charge in [-0.15, -0.1) is 0 Å². The van der Waals surface area contributed by atoms with Crippen LogP contribution in [-0.4, -0.2) is 16.1 Å². The van der Waals surface area contributed by atoms with Crippen LogP contribution >= 0.6 is 0 Å². The topological polar surface area (TPSA) is 29.9 Å². The Morgan fingerprint density at radius 2 is 2.05 bits per heavy atom. The van der Waals surface area contributed by atoms with Gasteiger partial charge in [-0.3, -0.25) is 0 Å². The zero-order chi connectivity index (χ0) is 14.1. The number of imidazole rings is 1. The van der Waals surface area contributed by atoms with Crippen molar-refractivity contribution in [3.63, 3.8) is 0 Å². The van der Waals surface area contributed by atoms with Crippen LogP contribution in [0.4, 0.5) is 0 Å². The molecular formula is C18H23N3. The fraction of sp³-hybridized carbons (Fsp3) is 0.500. The van der Waals surface area contributed by atoms with Crippen LogP contribution < -0.4 is 5.32 Å². The maximum atomic E-state index is 4.47. The van der Waals surface area contributed by atoms with Gasteiger partial charge in [-0.25, -0.2) is 4.98 Å². The molecule has 4 rings (SSSR count). The average molecular weight is 281 g/mol. The van der Waals surface area contributed by atoms with E-state index in [4.69, 9.17) is 0 Å². The molecule has 1 aliphatic heterocycles. The van der Waals surface area contributed by atoms with Crippen molar-refractivity contribution in [2.24, 2.45) is 0 Å². The van der Waals surface area contributed by atoms with Gasteiger partial charge in [0.1, 0.15) is 0 Å². The Balaban J connectivity index is 1.76. The Kier molecular flexibility index (Phi) is 3.52. The van der Waals surface area contributed by atoms with E-state index in [0.29, 0.717) is 5.92 Å². The molecule has 0 bridgehead atoms. The van der Waals surface area contributed by atoms with Crippen molar-refractivity contribution in [1.82, 2.24) is 14.9 Å². The fourth-order valence-electron chi connectivity index (χ4n) is 3.93. The lowest BCUT2D eigenvalue weighted by Gasteiger charge is -2.25. The lowest BCUT2D eigenvalue weighted by atomic mass is 9.87. The summed E-state index contributed by atoms with van der Waals surface area (Å²) < 4.78 is 2.35. The summed E-state index contributed by atoms with van der Waals surface area (Å²) in [6.07, 6.45) is 12.0. The summed E-state index contributed by atoms with van der Waals surface area (Å²) in [4.78, 5) is 4.47. The fourth-order valence-corrected chi connectivity index (χ4v) is 3.93. The molecule has 0 radical (unpaired) electrons. The zero-order valence-corrected chi connectivity index (χ0v) is 12.5. The second-order valence-corrected chi connectivity index (χ2v) is 6.37.